The summed E-state index contributed by atoms with van der Waals surface area (Å²) >= 11 is 6.40. The van der Waals surface area contributed by atoms with Gasteiger partial charge in [0.25, 0.3) is 0 Å². The Labute approximate surface area is 117 Å². The molecule has 0 aliphatic heterocycles. The molecule has 1 heterocycles. The molecule has 5 nitrogen and oxygen atoms in total. The molecule has 1 aromatic heterocycles. The number of nitrogens with zero attached hydrogens (tertiary/aromatic N) is 2. The van der Waals surface area contributed by atoms with Gasteiger partial charge in [-0.3, -0.25) is 4.79 Å². The summed E-state index contributed by atoms with van der Waals surface area (Å²) in [6, 6.07) is 0. The van der Waals surface area contributed by atoms with Gasteiger partial charge in [0.1, 0.15) is 9.21 Å². The van der Waals surface area contributed by atoms with Gasteiger partial charge in [0.05, 0.1) is 19.2 Å². The minimum Gasteiger partial charge on any atom is -0.381 e. The molecule has 0 aliphatic carbocycles. The molecule has 0 atom stereocenters. The van der Waals surface area contributed by atoms with Crippen molar-refractivity contribution in [3.8, 4) is 0 Å². The van der Waals surface area contributed by atoms with E-state index in [1.807, 2.05) is 6.92 Å². The number of nitrogens with one attached hydrogen (secondary N) is 1. The molecule has 0 bridgehead atoms. The summed E-state index contributed by atoms with van der Waals surface area (Å²) in [5, 5.41) is 2.65. The van der Waals surface area contributed by atoms with Gasteiger partial charge in [-0.1, -0.05) is 6.92 Å². The van der Waals surface area contributed by atoms with Crippen molar-refractivity contribution in [3.05, 3.63) is 15.4 Å². The molecule has 1 rings (SSSR count). The Hall–Kier alpha value is -0.530. The lowest BCUT2D eigenvalue weighted by atomic mass is 10.4. The lowest BCUT2D eigenvalue weighted by molar-refractivity contribution is -0.117. The van der Waals surface area contributed by atoms with Gasteiger partial charge >= 0.3 is 0 Å². The summed E-state index contributed by atoms with van der Waals surface area (Å²) in [7, 11) is 0. The maximum absolute atomic E-state index is 11.5. The van der Waals surface area contributed by atoms with Crippen molar-refractivity contribution in [2.24, 2.45) is 0 Å². The Morgan fingerprint density at radius 1 is 1.47 bits per heavy atom. The first kappa shape index (κ1) is 14.5. The van der Waals surface area contributed by atoms with Crippen LogP contribution in [-0.4, -0.2) is 29.1 Å². The molecular formula is C10H13Br2N3O2. The number of hydrogen-bond acceptors (Lipinski definition) is 4. The van der Waals surface area contributed by atoms with Gasteiger partial charge in [-0.05, 0) is 38.3 Å². The molecule has 7 heteroatoms. The molecule has 1 N–H and O–H groups in total. The van der Waals surface area contributed by atoms with Crippen LogP contribution in [0.5, 0.6) is 0 Å². The zero-order valence-electron chi connectivity index (χ0n) is 9.37. The van der Waals surface area contributed by atoms with Crippen LogP contribution >= 0.6 is 31.9 Å². The molecule has 94 valence electrons. The van der Waals surface area contributed by atoms with Crippen LogP contribution in [0.4, 0.5) is 5.82 Å². The van der Waals surface area contributed by atoms with Crippen LogP contribution in [0.15, 0.2) is 15.4 Å². The van der Waals surface area contributed by atoms with E-state index in [4.69, 9.17) is 4.74 Å². The lowest BCUT2D eigenvalue weighted by Crippen LogP contribution is -2.15. The summed E-state index contributed by atoms with van der Waals surface area (Å²) in [4.78, 5) is 19.6. The molecular weight excluding hydrogens is 354 g/mol. The van der Waals surface area contributed by atoms with Crippen molar-refractivity contribution in [3.63, 3.8) is 0 Å². The third-order valence-corrected chi connectivity index (χ3v) is 2.72. The predicted octanol–water partition coefficient (Wildman–Crippen LogP) is 2.76. The third kappa shape index (κ3) is 5.56. The van der Waals surface area contributed by atoms with Gasteiger partial charge in [0.15, 0.2) is 5.82 Å². The molecule has 17 heavy (non-hydrogen) atoms. The quantitative estimate of drug-likeness (QED) is 0.786. The van der Waals surface area contributed by atoms with Crippen LogP contribution < -0.4 is 5.32 Å². The Morgan fingerprint density at radius 3 is 2.88 bits per heavy atom. The number of carbonyl (C=O) groups excluding carboxylic acids is 1. The van der Waals surface area contributed by atoms with E-state index in [1.54, 1.807) is 0 Å². The predicted molar refractivity (Wildman–Crippen MR) is 71.8 cm³/mol. The van der Waals surface area contributed by atoms with E-state index in [2.05, 4.69) is 47.1 Å². The second-order valence-corrected chi connectivity index (χ2v) is 4.81. The highest BCUT2D eigenvalue weighted by atomic mass is 79.9. The molecule has 0 radical (unpaired) electrons. The summed E-state index contributed by atoms with van der Waals surface area (Å²) in [6.07, 6.45) is 2.78. The van der Waals surface area contributed by atoms with Gasteiger partial charge in [-0.25, -0.2) is 9.97 Å². The first-order valence-electron chi connectivity index (χ1n) is 5.19. The van der Waals surface area contributed by atoms with E-state index >= 15 is 0 Å². The van der Waals surface area contributed by atoms with E-state index in [0.29, 0.717) is 34.7 Å². The Kier molecular flexibility index (Phi) is 6.61. The fourth-order valence-electron chi connectivity index (χ4n) is 1.04. The van der Waals surface area contributed by atoms with Crippen molar-refractivity contribution >= 4 is 43.6 Å². The molecule has 0 unspecified atom stereocenters. The molecule has 0 aliphatic rings. The van der Waals surface area contributed by atoms with E-state index < -0.39 is 0 Å². The summed E-state index contributed by atoms with van der Waals surface area (Å²) in [5.74, 6) is 0.270. The maximum Gasteiger partial charge on any atom is 0.227 e. The van der Waals surface area contributed by atoms with Crippen molar-refractivity contribution in [1.29, 1.82) is 0 Å². The number of rotatable bonds is 6. The minimum atomic E-state index is -0.140. The topological polar surface area (TPSA) is 64.1 Å². The highest BCUT2D eigenvalue weighted by Gasteiger charge is 2.08. The van der Waals surface area contributed by atoms with Gasteiger partial charge in [-0.15, -0.1) is 0 Å². The molecule has 0 spiro atoms. The molecule has 1 amide bonds. The molecule has 0 saturated carbocycles. The van der Waals surface area contributed by atoms with E-state index in [-0.39, 0.29) is 5.91 Å². The molecule has 0 aromatic carbocycles. The summed E-state index contributed by atoms with van der Waals surface area (Å²) < 4.78 is 6.32. The van der Waals surface area contributed by atoms with Gasteiger partial charge in [-0.2, -0.15) is 0 Å². The largest absolute Gasteiger partial charge is 0.381 e. The average molecular weight is 367 g/mol. The third-order valence-electron chi connectivity index (χ3n) is 1.78. The van der Waals surface area contributed by atoms with Crippen LogP contribution in [0, 0.1) is 0 Å². The van der Waals surface area contributed by atoms with Crippen LogP contribution in [0.2, 0.25) is 0 Å². The monoisotopic (exact) mass is 365 g/mol. The van der Waals surface area contributed by atoms with Crippen LogP contribution in [-0.2, 0) is 9.53 Å². The van der Waals surface area contributed by atoms with Gasteiger partial charge < -0.3 is 10.1 Å². The number of aromatic nitrogens is 2. The van der Waals surface area contributed by atoms with Crippen LogP contribution in [0.1, 0.15) is 19.8 Å². The number of amides is 1. The molecule has 0 fully saturated rings. The van der Waals surface area contributed by atoms with Gasteiger partial charge in [0, 0.05) is 6.61 Å². The Balaban J connectivity index is 2.40. The Morgan fingerprint density at radius 2 is 2.24 bits per heavy atom. The van der Waals surface area contributed by atoms with E-state index in [1.165, 1.54) is 6.20 Å². The van der Waals surface area contributed by atoms with Crippen molar-refractivity contribution in [1.82, 2.24) is 9.97 Å². The second-order valence-electron chi connectivity index (χ2n) is 3.24. The number of ether oxygens (including phenoxy) is 1. The number of carbonyl (C=O) groups is 1. The van der Waals surface area contributed by atoms with Crippen molar-refractivity contribution in [2.75, 3.05) is 18.5 Å². The number of anilines is 1. The van der Waals surface area contributed by atoms with E-state index in [0.717, 1.165) is 6.42 Å². The summed E-state index contributed by atoms with van der Waals surface area (Å²) in [5.41, 5.74) is 0. The minimum absolute atomic E-state index is 0.140. The second kappa shape index (κ2) is 7.73. The van der Waals surface area contributed by atoms with Gasteiger partial charge in [0.2, 0.25) is 5.91 Å². The summed E-state index contributed by atoms with van der Waals surface area (Å²) in [6.45, 7) is 3.12. The first-order chi connectivity index (χ1) is 8.13. The molecule has 1 aromatic rings. The average Bonchev–Trinajstić information content (AvgIpc) is 2.28. The number of halogens is 2. The van der Waals surface area contributed by atoms with Crippen molar-refractivity contribution in [2.45, 2.75) is 19.8 Å². The number of hydrogen-bond donors (Lipinski definition) is 1. The fourth-order valence-corrected chi connectivity index (χ4v) is 1.95. The lowest BCUT2D eigenvalue weighted by Gasteiger charge is -2.06. The first-order valence-corrected chi connectivity index (χ1v) is 6.77. The van der Waals surface area contributed by atoms with Crippen LogP contribution in [0.3, 0.4) is 0 Å². The Bertz CT molecular complexity index is 388. The van der Waals surface area contributed by atoms with E-state index in [9.17, 15) is 4.79 Å². The normalized spacial score (nSPS) is 10.3. The molecule has 0 saturated heterocycles. The standard InChI is InChI=1S/C10H13Br2N3O2/c1-2-4-17-5-3-8(16)15-10-9(12)14-7(11)6-13-10/h6H,2-5H2,1H3,(H,13,15,16). The highest BCUT2D eigenvalue weighted by Crippen LogP contribution is 2.19. The fraction of sp³-hybridized carbons (Fsp3) is 0.500. The highest BCUT2D eigenvalue weighted by molar-refractivity contribution is 9.11. The van der Waals surface area contributed by atoms with Crippen molar-refractivity contribution < 1.29 is 9.53 Å². The van der Waals surface area contributed by atoms with Crippen LogP contribution in [0.25, 0.3) is 0 Å². The smallest absolute Gasteiger partial charge is 0.227 e. The zero-order valence-corrected chi connectivity index (χ0v) is 12.5. The SMILES string of the molecule is CCCOCCC(=O)Nc1ncc(Br)nc1Br. The maximum atomic E-state index is 11.5. The zero-order chi connectivity index (χ0) is 12.7.